The number of amides is 2. The first-order chi connectivity index (χ1) is 22.4. The van der Waals surface area contributed by atoms with Crippen LogP contribution in [0.3, 0.4) is 0 Å². The van der Waals surface area contributed by atoms with Gasteiger partial charge in [0.1, 0.15) is 19.1 Å². The van der Waals surface area contributed by atoms with E-state index in [4.69, 9.17) is 0 Å². The quantitative estimate of drug-likeness (QED) is 0.226. The molecule has 7 nitrogen and oxygen atoms in total. The number of nitrogens with one attached hydrogen (secondary N) is 1. The summed E-state index contributed by atoms with van der Waals surface area (Å²) < 4.78 is 81.7. The molecule has 3 saturated heterocycles. The van der Waals surface area contributed by atoms with Gasteiger partial charge in [0.15, 0.2) is 0 Å². The molecule has 15 heteroatoms. The number of aromatic amines is 1. The molecule has 1 atom stereocenters. The van der Waals surface area contributed by atoms with Crippen molar-refractivity contribution in [2.24, 2.45) is 0 Å². The number of hydrogen-bond donors (Lipinski definition) is 1. The second-order valence-electron chi connectivity index (χ2n) is 13.0. The van der Waals surface area contributed by atoms with Crippen LogP contribution in [-0.4, -0.2) is 95.9 Å². The summed E-state index contributed by atoms with van der Waals surface area (Å²) in [5.74, 6) is -0.919. The Balaban J connectivity index is 0.00000270. The van der Waals surface area contributed by atoms with Crippen LogP contribution in [0, 0.1) is 0 Å². The maximum Gasteiger partial charge on any atom is 0.416 e. The Hall–Kier alpha value is -3.00. The fraction of sp³-hybridized carbons (Fsp3) is 0.529. The first-order valence-electron chi connectivity index (χ1n) is 16.3. The average molecular weight is 737 g/mol. The maximum absolute atomic E-state index is 13.8. The molecule has 6 rings (SSSR count). The minimum absolute atomic E-state index is 0. The Labute approximate surface area is 293 Å². The number of carbonyl (C=O) groups is 2. The van der Waals surface area contributed by atoms with Crippen LogP contribution in [0.4, 0.5) is 26.3 Å². The van der Waals surface area contributed by atoms with Crippen LogP contribution in [0.5, 0.6) is 0 Å². The number of benzene rings is 2. The van der Waals surface area contributed by atoms with E-state index in [1.54, 1.807) is 6.20 Å². The van der Waals surface area contributed by atoms with Gasteiger partial charge in [-0.2, -0.15) is 31.2 Å². The lowest BCUT2D eigenvalue weighted by molar-refractivity contribution is -0.143. The Morgan fingerprint density at radius 3 is 2.10 bits per heavy atom. The van der Waals surface area contributed by atoms with Crippen molar-refractivity contribution in [1.82, 2.24) is 24.6 Å². The van der Waals surface area contributed by atoms with Crippen LogP contribution in [-0.2, 0) is 23.6 Å². The molecule has 3 aromatic rings. The van der Waals surface area contributed by atoms with Gasteiger partial charge in [0, 0.05) is 87.1 Å². The largest absolute Gasteiger partial charge is 0.416 e. The highest BCUT2D eigenvalue weighted by molar-refractivity contribution is 5.95. The number of para-hydroxylation sites is 1. The standard InChI is InChI=1S/C34H39F6N5O2.2ClH/c35-33(36,37)25-16-23(17-26(19-25)34(38,39)40)32(47)45-15-14-42(21-28(45)18-24-20-41-30-7-3-2-6-29(24)30)22-31(46)44-12-8-27(9-13-44)43-10-4-1-5-11-43;;/h2-3,6-7,16-17,19-20,27-28,41H,1,4-5,8-15,18,21-22H2;2*1H/q+1;;/t28-;;/m1../s1. The van der Waals surface area contributed by atoms with E-state index < -0.39 is 41.0 Å². The number of halogens is 8. The van der Waals surface area contributed by atoms with Crippen LogP contribution < -0.4 is 4.90 Å². The number of alkyl halides is 6. The Bertz CT molecular complexity index is 1550. The summed E-state index contributed by atoms with van der Waals surface area (Å²) in [6, 6.07) is 8.43. The SMILES string of the molecule is Cl.Cl.O=C(CN1CCN(C(=O)c2cc(C(F)(F)F)cc(C(F)(F)F)c2)[C@H](Cc2c[nH]c3ccccc23)C1)N1CCC([N+]2CCCCC2)CC1. The highest BCUT2D eigenvalue weighted by Crippen LogP contribution is 2.37. The van der Waals surface area contributed by atoms with Crippen LogP contribution in [0.1, 0.15) is 59.2 Å². The number of carbonyl (C=O) groups excluding carboxylic acids is 2. The van der Waals surface area contributed by atoms with Crippen LogP contribution in [0.25, 0.3) is 10.9 Å². The molecular formula is C34H41Cl2F6N5O2+. The molecule has 0 saturated carbocycles. The lowest BCUT2D eigenvalue weighted by Crippen LogP contribution is -2.58. The first-order valence-corrected chi connectivity index (χ1v) is 16.3. The molecule has 1 N–H and O–H groups in total. The second-order valence-corrected chi connectivity index (χ2v) is 13.0. The van der Waals surface area contributed by atoms with Crippen LogP contribution >= 0.6 is 24.8 Å². The molecule has 2 aromatic carbocycles. The van der Waals surface area contributed by atoms with Gasteiger partial charge in [-0.25, -0.2) is 0 Å². The zero-order valence-corrected chi connectivity index (χ0v) is 28.5. The number of hydrogen-bond acceptors (Lipinski definition) is 4. The van der Waals surface area contributed by atoms with Crippen LogP contribution in [0.15, 0.2) is 48.7 Å². The summed E-state index contributed by atoms with van der Waals surface area (Å²) in [4.78, 5) is 38.1. The molecule has 4 heterocycles. The van der Waals surface area contributed by atoms with Gasteiger partial charge >= 0.3 is 12.4 Å². The zero-order valence-electron chi connectivity index (χ0n) is 26.9. The Morgan fingerprint density at radius 2 is 1.47 bits per heavy atom. The molecular weight excluding hydrogens is 695 g/mol. The van der Waals surface area contributed by atoms with Crippen molar-refractivity contribution in [3.63, 3.8) is 0 Å². The van der Waals surface area contributed by atoms with Gasteiger partial charge in [-0.1, -0.05) is 18.2 Å². The summed E-state index contributed by atoms with van der Waals surface area (Å²) in [6.07, 6.45) is -2.50. The molecule has 0 spiro atoms. The van der Waals surface area contributed by atoms with Gasteiger partial charge in [-0.05, 0) is 42.7 Å². The van der Waals surface area contributed by atoms with Crippen LogP contribution in [0.2, 0.25) is 0 Å². The van der Waals surface area contributed by atoms with Crippen molar-refractivity contribution in [1.29, 1.82) is 0 Å². The molecule has 3 aliphatic rings. The maximum atomic E-state index is 13.8. The Morgan fingerprint density at radius 1 is 0.837 bits per heavy atom. The predicted octanol–water partition coefficient (Wildman–Crippen LogP) is 6.73. The lowest BCUT2D eigenvalue weighted by atomic mass is 9.98. The van der Waals surface area contributed by atoms with Crippen molar-refractivity contribution < 1.29 is 35.9 Å². The third-order valence-electron chi connectivity index (χ3n) is 9.88. The monoisotopic (exact) mass is 735 g/mol. The molecule has 3 aliphatic heterocycles. The summed E-state index contributed by atoms with van der Waals surface area (Å²) in [5.41, 5.74) is -2.01. The highest BCUT2D eigenvalue weighted by atomic mass is 35.5. The van der Waals surface area contributed by atoms with E-state index >= 15 is 0 Å². The summed E-state index contributed by atoms with van der Waals surface area (Å²) >= 11 is 0. The third-order valence-corrected chi connectivity index (χ3v) is 9.88. The van der Waals surface area contributed by atoms with Gasteiger partial charge in [0.25, 0.3) is 5.91 Å². The molecule has 269 valence electrons. The van der Waals surface area contributed by atoms with E-state index in [0.29, 0.717) is 37.7 Å². The number of aromatic nitrogens is 1. The number of fused-ring (bicyclic) bond motifs is 1. The van der Waals surface area contributed by atoms with Crippen molar-refractivity contribution in [3.8, 4) is 0 Å². The minimum atomic E-state index is -5.07. The summed E-state index contributed by atoms with van der Waals surface area (Å²) in [5, 5.41) is 0.906. The topological polar surface area (TPSA) is 65.6 Å². The van der Waals surface area contributed by atoms with Gasteiger partial charge in [-0.3, -0.25) is 14.5 Å². The predicted molar refractivity (Wildman–Crippen MR) is 180 cm³/mol. The number of H-pyrrole nitrogens is 1. The number of rotatable bonds is 6. The zero-order chi connectivity index (χ0) is 33.3. The second kappa shape index (κ2) is 15.9. The molecule has 3 fully saturated rings. The van der Waals surface area contributed by atoms with E-state index in [-0.39, 0.29) is 63.0 Å². The molecule has 1 radical (unpaired) electrons. The third kappa shape index (κ3) is 9.03. The molecule has 1 aromatic heterocycles. The average Bonchev–Trinajstić information content (AvgIpc) is 3.46. The normalized spacial score (nSPS) is 20.2. The van der Waals surface area contributed by atoms with Crippen molar-refractivity contribution in [3.05, 3.63) is 70.9 Å². The van der Waals surface area contributed by atoms with Gasteiger partial charge in [0.05, 0.1) is 17.7 Å². The highest BCUT2D eigenvalue weighted by Gasteiger charge is 2.40. The van der Waals surface area contributed by atoms with Gasteiger partial charge in [0.2, 0.25) is 5.91 Å². The molecule has 0 bridgehead atoms. The van der Waals surface area contributed by atoms with E-state index in [0.717, 1.165) is 42.4 Å². The fourth-order valence-corrected chi connectivity index (χ4v) is 7.36. The van der Waals surface area contributed by atoms with E-state index in [1.165, 1.54) is 24.2 Å². The minimum Gasteiger partial charge on any atom is -0.361 e. The van der Waals surface area contributed by atoms with E-state index in [2.05, 4.69) is 9.88 Å². The molecule has 0 aliphatic carbocycles. The molecule has 49 heavy (non-hydrogen) atoms. The van der Waals surface area contributed by atoms with E-state index in [9.17, 15) is 35.9 Å². The smallest absolute Gasteiger partial charge is 0.361 e. The fourth-order valence-electron chi connectivity index (χ4n) is 7.36. The van der Waals surface area contributed by atoms with Gasteiger partial charge < -0.3 is 14.8 Å². The number of nitrogens with zero attached hydrogens (tertiary/aromatic N) is 4. The Kier molecular flexibility index (Phi) is 12.6. The van der Waals surface area contributed by atoms with Crippen molar-refractivity contribution in [2.45, 2.75) is 63.0 Å². The number of piperazine rings is 1. The number of likely N-dealkylation sites (tertiary alicyclic amines) is 2. The van der Waals surface area contributed by atoms with E-state index in [1.807, 2.05) is 34.1 Å². The first kappa shape index (κ1) is 38.8. The number of piperidine rings is 2. The van der Waals surface area contributed by atoms with Crippen molar-refractivity contribution >= 4 is 47.5 Å². The molecule has 2 amide bonds. The van der Waals surface area contributed by atoms with Crippen molar-refractivity contribution in [2.75, 3.05) is 52.4 Å². The summed E-state index contributed by atoms with van der Waals surface area (Å²) in [6.45, 7) is 4.25. The van der Waals surface area contributed by atoms with Gasteiger partial charge in [-0.15, -0.1) is 24.8 Å². The molecule has 0 unspecified atom stereocenters. The summed E-state index contributed by atoms with van der Waals surface area (Å²) in [7, 11) is 0. The lowest BCUT2D eigenvalue weighted by Gasteiger charge is -2.42.